The van der Waals surface area contributed by atoms with E-state index in [0.717, 1.165) is 10.9 Å². The number of carbonyl (C=O) groups excluding carboxylic acids is 6. The van der Waals surface area contributed by atoms with Crippen LogP contribution in [0.2, 0.25) is 0 Å². The Balaban J connectivity index is 1.52. The van der Waals surface area contributed by atoms with Gasteiger partial charge in [-0.25, -0.2) is 15.1 Å². The molecule has 310 valence electrons. The summed E-state index contributed by atoms with van der Waals surface area (Å²) >= 11 is 0. The number of carbonyl (C=O) groups is 6. The molecule has 2 aliphatic rings. The Labute approximate surface area is 331 Å². The molecule has 0 spiro atoms. The van der Waals surface area contributed by atoms with Gasteiger partial charge in [0, 0.05) is 43.0 Å². The summed E-state index contributed by atoms with van der Waals surface area (Å²) < 4.78 is 0. The van der Waals surface area contributed by atoms with Crippen molar-refractivity contribution in [2.75, 3.05) is 19.7 Å². The highest BCUT2D eigenvalue weighted by atomic mass is 16.7. The first-order valence-electron chi connectivity index (χ1n) is 18.7. The maximum atomic E-state index is 14.3. The average molecular weight is 806 g/mol. The van der Waals surface area contributed by atoms with E-state index < -0.39 is 89.3 Å². The number of nitro groups is 1. The van der Waals surface area contributed by atoms with Gasteiger partial charge in [0.2, 0.25) is 35.4 Å². The predicted molar refractivity (Wildman–Crippen MR) is 207 cm³/mol. The summed E-state index contributed by atoms with van der Waals surface area (Å²) in [5.74, 6) is -5.17. The molecule has 21 nitrogen and oxygen atoms in total. The fourth-order valence-corrected chi connectivity index (χ4v) is 6.88. The molecule has 1 aromatic heterocycles. The molecular formula is C37H47N11O10. The molecule has 0 unspecified atom stereocenters. The molecule has 0 saturated carbocycles. The number of H-pyrrole nitrogens is 1. The van der Waals surface area contributed by atoms with Crippen molar-refractivity contribution in [2.24, 2.45) is 10.7 Å². The van der Waals surface area contributed by atoms with E-state index in [9.17, 15) is 49.1 Å². The zero-order valence-corrected chi connectivity index (χ0v) is 31.6. The second-order valence-electron chi connectivity index (χ2n) is 14.1. The van der Waals surface area contributed by atoms with Gasteiger partial charge in [0.25, 0.3) is 5.96 Å². The summed E-state index contributed by atoms with van der Waals surface area (Å²) in [4.78, 5) is 102. The summed E-state index contributed by atoms with van der Waals surface area (Å²) in [5.41, 5.74) is 9.17. The van der Waals surface area contributed by atoms with Crippen molar-refractivity contribution in [1.29, 1.82) is 0 Å². The van der Waals surface area contributed by atoms with Crippen molar-refractivity contribution < 1.29 is 44.0 Å². The minimum atomic E-state index is -1.55. The van der Waals surface area contributed by atoms with Gasteiger partial charge < -0.3 is 52.4 Å². The summed E-state index contributed by atoms with van der Waals surface area (Å²) in [5, 5.41) is 43.7. The zero-order chi connectivity index (χ0) is 41.9. The molecule has 11 N–H and O–H groups in total. The third-order valence-electron chi connectivity index (χ3n) is 9.90. The van der Waals surface area contributed by atoms with Gasteiger partial charge in [-0.3, -0.25) is 28.8 Å². The minimum absolute atomic E-state index is 0.0302. The molecule has 2 saturated heterocycles. The van der Waals surface area contributed by atoms with Crippen molar-refractivity contribution in [3.63, 3.8) is 0 Å². The molecule has 6 amide bonds. The molecule has 0 bridgehead atoms. The van der Waals surface area contributed by atoms with Crippen molar-refractivity contribution in [1.82, 2.24) is 41.9 Å². The van der Waals surface area contributed by atoms with E-state index in [-0.39, 0.29) is 50.9 Å². The van der Waals surface area contributed by atoms with Gasteiger partial charge in [-0.2, -0.15) is 0 Å². The fourth-order valence-electron chi connectivity index (χ4n) is 6.88. The number of phenolic OH excluding ortho intramolecular Hbond substituents is 1. The van der Waals surface area contributed by atoms with Crippen molar-refractivity contribution in [3.8, 4) is 5.75 Å². The van der Waals surface area contributed by atoms with Crippen LogP contribution in [0.25, 0.3) is 10.9 Å². The number of benzene rings is 2. The number of hydrazine groups is 1. The average Bonchev–Trinajstić information content (AvgIpc) is 3.85. The smallest absolute Gasteiger partial charge is 0.251 e. The quantitative estimate of drug-likeness (QED) is 0.0349. The zero-order valence-electron chi connectivity index (χ0n) is 31.6. The van der Waals surface area contributed by atoms with E-state index in [2.05, 4.69) is 36.6 Å². The van der Waals surface area contributed by atoms with Crippen LogP contribution in [-0.4, -0.2) is 122 Å². The van der Waals surface area contributed by atoms with Gasteiger partial charge >= 0.3 is 0 Å². The van der Waals surface area contributed by atoms with Crippen LogP contribution < -0.4 is 37.7 Å². The lowest BCUT2D eigenvalue weighted by Gasteiger charge is -2.31. The van der Waals surface area contributed by atoms with Crippen molar-refractivity contribution in [3.05, 3.63) is 76.0 Å². The Morgan fingerprint density at radius 1 is 0.879 bits per heavy atom. The lowest BCUT2D eigenvalue weighted by Crippen LogP contribution is -2.62. The number of amides is 6. The second kappa shape index (κ2) is 19.4. The molecule has 58 heavy (non-hydrogen) atoms. The number of aliphatic hydroxyl groups is 1. The number of aliphatic hydroxyl groups excluding tert-OH is 1. The molecule has 2 fully saturated rings. The summed E-state index contributed by atoms with van der Waals surface area (Å²) in [6.45, 7) is 0.545. The van der Waals surface area contributed by atoms with Crippen LogP contribution in [0.1, 0.15) is 43.7 Å². The number of nitrogens with two attached hydrogens (primary N) is 1. The van der Waals surface area contributed by atoms with Crippen LogP contribution in [0.5, 0.6) is 5.75 Å². The Bertz CT molecular complexity index is 2040. The monoisotopic (exact) mass is 805 g/mol. The molecule has 0 aliphatic carbocycles. The van der Waals surface area contributed by atoms with Gasteiger partial charge in [0.15, 0.2) is 5.03 Å². The van der Waals surface area contributed by atoms with E-state index >= 15 is 0 Å². The van der Waals surface area contributed by atoms with E-state index in [1.54, 1.807) is 35.9 Å². The molecule has 6 atom stereocenters. The molecule has 21 heteroatoms. The van der Waals surface area contributed by atoms with Crippen molar-refractivity contribution >= 4 is 52.3 Å². The molecule has 0 radical (unpaired) electrons. The number of fused-ring (bicyclic) bond motifs is 2. The fraction of sp³-hybridized carbons (Fsp3) is 0.432. The number of aliphatic imine (C=N–C) groups is 1. The number of rotatable bonds is 10. The third kappa shape index (κ3) is 11.0. The van der Waals surface area contributed by atoms with Gasteiger partial charge in [-0.05, 0) is 61.9 Å². The first-order chi connectivity index (χ1) is 27.7. The number of nitrogens with zero attached hydrogens (tertiary/aromatic N) is 3. The number of hydrogen-bond acceptors (Lipinski definition) is 11. The Hall–Kier alpha value is -6.77. The highest BCUT2D eigenvalue weighted by Gasteiger charge is 2.40. The summed E-state index contributed by atoms with van der Waals surface area (Å²) in [7, 11) is 0. The van der Waals surface area contributed by atoms with Crippen LogP contribution in [0.3, 0.4) is 0 Å². The second-order valence-corrected chi connectivity index (χ2v) is 14.1. The largest absolute Gasteiger partial charge is 0.508 e. The van der Waals surface area contributed by atoms with Gasteiger partial charge in [0.05, 0.1) is 6.61 Å². The Morgan fingerprint density at radius 3 is 2.26 bits per heavy atom. The molecule has 3 heterocycles. The maximum absolute atomic E-state index is 14.3. The Kier molecular flexibility index (Phi) is 14.2. The number of hydrogen-bond donors (Lipinski definition) is 10. The van der Waals surface area contributed by atoms with E-state index in [4.69, 9.17) is 5.73 Å². The van der Waals surface area contributed by atoms with Gasteiger partial charge in [-0.15, -0.1) is 0 Å². The number of aromatic nitrogens is 1. The highest BCUT2D eigenvalue weighted by molar-refractivity contribution is 5.98. The lowest BCUT2D eigenvalue weighted by molar-refractivity contribution is -0.525. The van der Waals surface area contributed by atoms with Crippen LogP contribution >= 0.6 is 0 Å². The van der Waals surface area contributed by atoms with E-state index in [0.29, 0.717) is 17.5 Å². The predicted octanol–water partition coefficient (Wildman–Crippen LogP) is -2.02. The molecule has 3 aromatic rings. The third-order valence-corrected chi connectivity index (χ3v) is 9.90. The van der Waals surface area contributed by atoms with Crippen LogP contribution in [0.15, 0.2) is 59.7 Å². The number of aromatic amines is 1. The molecule has 2 aliphatic heterocycles. The normalized spacial score (nSPS) is 24.1. The molecule has 5 rings (SSSR count). The van der Waals surface area contributed by atoms with Crippen LogP contribution in [0.4, 0.5) is 0 Å². The first-order valence-corrected chi connectivity index (χ1v) is 18.7. The number of phenols is 1. The van der Waals surface area contributed by atoms with E-state index in [1.165, 1.54) is 24.0 Å². The number of nitrogens with one attached hydrogen (secondary N) is 7. The number of para-hydroxylation sites is 1. The number of guanidine groups is 1. The lowest BCUT2D eigenvalue weighted by atomic mass is 10.0. The maximum Gasteiger partial charge on any atom is 0.251 e. The molecule has 2 aromatic carbocycles. The van der Waals surface area contributed by atoms with Gasteiger partial charge in [-0.1, -0.05) is 35.8 Å². The summed E-state index contributed by atoms with van der Waals surface area (Å²) in [6.07, 6.45) is 2.08. The standard InChI is InChI=1S/C37H47N11O10/c1-20-31(51)45-29(19-49)34(54)43-27(17-22-18-40-25-7-3-2-6-24(22)25)33(53)42-26(8-4-14-39-37(38)46-48(57)58)32(52)44-28(16-21-10-12-23(50)13-11-21)36(56)47-15-5-9-30(47)35(55)41-20/h2-3,6-7,10-13,18,20,26-30,40,49-50H,4-5,8-9,14-17,19H2,1H3,(H,41,55)(H,42,53)(H,43,54)(H,44,52)(H,45,51)(H3,38,39,46)/t20-,26-,27-,28-,29-,30+/m0/s1. The highest BCUT2D eigenvalue weighted by Crippen LogP contribution is 2.22. The van der Waals surface area contributed by atoms with Crippen LogP contribution in [0, 0.1) is 10.1 Å². The summed E-state index contributed by atoms with van der Waals surface area (Å²) in [6, 6.07) is 5.34. The number of aromatic hydroxyl groups is 1. The Morgan fingerprint density at radius 2 is 1.53 bits per heavy atom. The van der Waals surface area contributed by atoms with Gasteiger partial charge in [0.1, 0.15) is 42.0 Å². The van der Waals surface area contributed by atoms with Crippen molar-refractivity contribution in [2.45, 2.75) is 81.7 Å². The minimum Gasteiger partial charge on any atom is -0.508 e. The first kappa shape index (κ1) is 42.4. The topological polar surface area (TPSA) is 316 Å². The van der Waals surface area contributed by atoms with Crippen LogP contribution in [-0.2, 0) is 41.6 Å². The SMILES string of the molecule is C[C@@H]1NC(=O)[C@H]2CCCN2C(=O)[C@H](Cc2ccc(O)cc2)NC(=O)[C@H](CCCN=C(N)N[N+](=O)[O-])NC(=O)[C@H](Cc2c[nH]c3ccccc23)NC(=O)[C@H](CO)NC1=O. The van der Waals surface area contributed by atoms with E-state index in [1.807, 2.05) is 12.1 Å². The molecular weight excluding hydrogens is 758 g/mol.